The highest BCUT2D eigenvalue weighted by molar-refractivity contribution is 6.33. The Morgan fingerprint density at radius 1 is 0.955 bits per heavy atom. The third-order valence-electron chi connectivity index (χ3n) is 3.76. The van der Waals surface area contributed by atoms with Gasteiger partial charge in [-0.25, -0.2) is 0 Å². The van der Waals surface area contributed by atoms with Crippen LogP contribution in [0.1, 0.15) is 32.6 Å². The van der Waals surface area contributed by atoms with Crippen molar-refractivity contribution >= 4 is 23.5 Å². The molecule has 4 heteroatoms. The molecule has 22 heavy (non-hydrogen) atoms. The van der Waals surface area contributed by atoms with E-state index in [9.17, 15) is 14.7 Å². The van der Waals surface area contributed by atoms with Crippen LogP contribution >= 0.6 is 0 Å². The van der Waals surface area contributed by atoms with Gasteiger partial charge in [0, 0.05) is 11.1 Å². The maximum Gasteiger partial charge on any atom is 0.258 e. The number of aromatic hydroxyl groups is 1. The predicted molar refractivity (Wildman–Crippen MR) is 84.4 cm³/mol. The Balaban J connectivity index is 2.17. The highest BCUT2D eigenvalue weighted by atomic mass is 16.3. The Bertz CT molecular complexity index is 811. The molecule has 1 aliphatic heterocycles. The molecule has 110 valence electrons. The number of fused-ring (bicyclic) bond motifs is 1. The third kappa shape index (κ3) is 2.29. The molecule has 0 fully saturated rings. The van der Waals surface area contributed by atoms with Gasteiger partial charge in [0.05, 0.1) is 0 Å². The molecular weight excluding hydrogens is 278 g/mol. The van der Waals surface area contributed by atoms with Crippen molar-refractivity contribution in [2.75, 3.05) is 0 Å². The summed E-state index contributed by atoms with van der Waals surface area (Å²) in [5.41, 5.74) is 3.85. The quantitative estimate of drug-likeness (QED) is 0.627. The van der Waals surface area contributed by atoms with Gasteiger partial charge < -0.3 is 5.11 Å². The van der Waals surface area contributed by atoms with Gasteiger partial charge in [-0.2, -0.15) is 0 Å². The molecule has 0 saturated carbocycles. The maximum atomic E-state index is 12.2. The zero-order valence-electron chi connectivity index (χ0n) is 12.3. The van der Waals surface area contributed by atoms with E-state index in [0.29, 0.717) is 16.7 Å². The molecule has 1 heterocycles. The number of aryl methyl sites for hydroxylation is 2. The molecule has 0 aliphatic carbocycles. The molecule has 4 nitrogen and oxygen atoms in total. The lowest BCUT2D eigenvalue weighted by Gasteiger charge is -2.18. The van der Waals surface area contributed by atoms with Gasteiger partial charge in [0.2, 0.25) is 0 Å². The van der Waals surface area contributed by atoms with Crippen molar-refractivity contribution < 1.29 is 14.7 Å². The van der Waals surface area contributed by atoms with Crippen molar-refractivity contribution in [2.45, 2.75) is 13.8 Å². The van der Waals surface area contributed by atoms with E-state index in [1.54, 1.807) is 30.3 Å². The summed E-state index contributed by atoms with van der Waals surface area (Å²) in [5, 5.41) is 12.2. The van der Waals surface area contributed by atoms with Crippen LogP contribution in [0.15, 0.2) is 36.4 Å². The predicted octanol–water partition coefficient (Wildman–Crippen LogP) is 2.82. The second kappa shape index (κ2) is 5.15. The SMILES string of the molecule is Cc1cc(/C=C2\C(=O)NC(=O)c3ccccc32)cc(C)c1O. The fourth-order valence-electron chi connectivity index (χ4n) is 2.66. The van der Waals surface area contributed by atoms with Gasteiger partial charge in [0.25, 0.3) is 11.8 Å². The Morgan fingerprint density at radius 2 is 1.55 bits per heavy atom. The van der Waals surface area contributed by atoms with E-state index in [0.717, 1.165) is 16.7 Å². The van der Waals surface area contributed by atoms with E-state index in [4.69, 9.17) is 0 Å². The number of hydrogen-bond acceptors (Lipinski definition) is 3. The van der Waals surface area contributed by atoms with Crippen LogP contribution in [0, 0.1) is 13.8 Å². The van der Waals surface area contributed by atoms with Gasteiger partial charge in [-0.05, 0) is 60.4 Å². The van der Waals surface area contributed by atoms with Crippen LogP contribution in [-0.2, 0) is 4.79 Å². The molecule has 2 aromatic rings. The zero-order chi connectivity index (χ0) is 15.9. The summed E-state index contributed by atoms with van der Waals surface area (Å²) < 4.78 is 0. The fourth-order valence-corrected chi connectivity index (χ4v) is 2.66. The van der Waals surface area contributed by atoms with Crippen LogP contribution in [0.4, 0.5) is 0 Å². The molecule has 3 rings (SSSR count). The molecular formula is C18H15NO3. The smallest absolute Gasteiger partial charge is 0.258 e. The van der Waals surface area contributed by atoms with Gasteiger partial charge in [-0.3, -0.25) is 14.9 Å². The topological polar surface area (TPSA) is 66.4 Å². The molecule has 0 radical (unpaired) electrons. The van der Waals surface area contributed by atoms with Crippen molar-refractivity contribution in [1.29, 1.82) is 0 Å². The van der Waals surface area contributed by atoms with Gasteiger partial charge in [-0.1, -0.05) is 18.2 Å². The lowest BCUT2D eigenvalue weighted by molar-refractivity contribution is -0.114. The van der Waals surface area contributed by atoms with Crippen LogP contribution in [-0.4, -0.2) is 16.9 Å². The second-order valence-electron chi connectivity index (χ2n) is 5.39. The zero-order valence-corrected chi connectivity index (χ0v) is 12.3. The van der Waals surface area contributed by atoms with E-state index >= 15 is 0 Å². The summed E-state index contributed by atoms with van der Waals surface area (Å²) in [6.07, 6.45) is 1.74. The number of hydrogen-bond donors (Lipinski definition) is 2. The Kier molecular flexibility index (Phi) is 3.29. The standard InChI is InChI=1S/C18H15NO3/c1-10-7-12(8-11(2)16(10)20)9-15-13-5-3-4-6-14(13)17(21)19-18(15)22/h3-9,20H,1-2H3,(H,19,21,22)/b15-9-. The first-order chi connectivity index (χ1) is 10.5. The molecule has 0 aromatic heterocycles. The second-order valence-corrected chi connectivity index (χ2v) is 5.39. The molecule has 0 bridgehead atoms. The van der Waals surface area contributed by atoms with Crippen molar-refractivity contribution in [2.24, 2.45) is 0 Å². The number of phenols is 1. The molecule has 0 atom stereocenters. The summed E-state index contributed by atoms with van der Waals surface area (Å²) in [7, 11) is 0. The molecule has 2 amide bonds. The molecule has 2 N–H and O–H groups in total. The first kappa shape index (κ1) is 14.1. The summed E-state index contributed by atoms with van der Waals surface area (Å²) in [6, 6.07) is 10.6. The minimum absolute atomic E-state index is 0.255. The summed E-state index contributed by atoms with van der Waals surface area (Å²) >= 11 is 0. The fraction of sp³-hybridized carbons (Fsp3) is 0.111. The number of rotatable bonds is 1. The average molecular weight is 293 g/mol. The summed E-state index contributed by atoms with van der Waals surface area (Å²) in [5.74, 6) is -0.534. The normalized spacial score (nSPS) is 15.6. The van der Waals surface area contributed by atoms with Gasteiger partial charge in [0.1, 0.15) is 5.75 Å². The number of amides is 2. The molecule has 2 aromatic carbocycles. The number of carbonyl (C=O) groups excluding carboxylic acids is 2. The van der Waals surface area contributed by atoms with Crippen molar-refractivity contribution in [3.05, 3.63) is 64.2 Å². The summed E-state index contributed by atoms with van der Waals surface area (Å²) in [6.45, 7) is 3.62. The van der Waals surface area contributed by atoms with Gasteiger partial charge in [0.15, 0.2) is 0 Å². The lowest BCUT2D eigenvalue weighted by Crippen LogP contribution is -2.36. The highest BCUT2D eigenvalue weighted by Crippen LogP contribution is 2.29. The van der Waals surface area contributed by atoms with Crippen molar-refractivity contribution in [3.63, 3.8) is 0 Å². The average Bonchev–Trinajstić information content (AvgIpc) is 2.49. The summed E-state index contributed by atoms with van der Waals surface area (Å²) in [4.78, 5) is 24.0. The van der Waals surface area contributed by atoms with Crippen LogP contribution < -0.4 is 5.32 Å². The van der Waals surface area contributed by atoms with E-state index < -0.39 is 5.91 Å². The number of carbonyl (C=O) groups is 2. The maximum absolute atomic E-state index is 12.2. The minimum Gasteiger partial charge on any atom is -0.507 e. The molecule has 0 saturated heterocycles. The highest BCUT2D eigenvalue weighted by Gasteiger charge is 2.26. The van der Waals surface area contributed by atoms with E-state index in [2.05, 4.69) is 5.32 Å². The van der Waals surface area contributed by atoms with Crippen molar-refractivity contribution in [3.8, 4) is 5.75 Å². The monoisotopic (exact) mass is 293 g/mol. The number of phenolic OH excluding ortho intramolecular Hbond substituents is 1. The van der Waals surface area contributed by atoms with E-state index in [1.165, 1.54) is 0 Å². The first-order valence-corrected chi connectivity index (χ1v) is 6.94. The van der Waals surface area contributed by atoms with Crippen LogP contribution in [0.3, 0.4) is 0 Å². The van der Waals surface area contributed by atoms with Gasteiger partial charge in [-0.15, -0.1) is 0 Å². The van der Waals surface area contributed by atoms with Crippen LogP contribution in [0.5, 0.6) is 5.75 Å². The lowest BCUT2D eigenvalue weighted by atomic mass is 9.93. The van der Waals surface area contributed by atoms with Crippen LogP contribution in [0.25, 0.3) is 11.6 Å². The number of nitrogens with one attached hydrogen (secondary N) is 1. The minimum atomic E-state index is -0.410. The molecule has 0 unspecified atom stereocenters. The van der Waals surface area contributed by atoms with Crippen LogP contribution in [0.2, 0.25) is 0 Å². The Morgan fingerprint density at radius 3 is 2.18 bits per heavy atom. The van der Waals surface area contributed by atoms with Gasteiger partial charge >= 0.3 is 0 Å². The largest absolute Gasteiger partial charge is 0.507 e. The Labute approximate surface area is 128 Å². The number of imide groups is 1. The Hall–Kier alpha value is -2.88. The molecule has 0 spiro atoms. The molecule has 1 aliphatic rings. The van der Waals surface area contributed by atoms with Crippen molar-refractivity contribution in [1.82, 2.24) is 5.32 Å². The number of benzene rings is 2. The first-order valence-electron chi connectivity index (χ1n) is 6.94. The third-order valence-corrected chi connectivity index (χ3v) is 3.76. The van der Waals surface area contributed by atoms with E-state index in [1.807, 2.05) is 26.0 Å². The van der Waals surface area contributed by atoms with E-state index in [-0.39, 0.29) is 11.7 Å².